The van der Waals surface area contributed by atoms with Gasteiger partial charge in [0.1, 0.15) is 12.1 Å². The number of benzene rings is 1. The fourth-order valence-corrected chi connectivity index (χ4v) is 14.7. The Morgan fingerprint density at radius 3 is 2.27 bits per heavy atom. The Bertz CT molecular complexity index is 1830. The Kier molecular flexibility index (Phi) is 12.6. The number of nitrogens with one attached hydrogen (secondary N) is 2. The van der Waals surface area contributed by atoms with Gasteiger partial charge in [0.05, 0.1) is 24.7 Å². The molecule has 0 radical (unpaired) electrons. The van der Waals surface area contributed by atoms with Crippen LogP contribution in [0.25, 0.3) is 0 Å². The number of hydrogen-bond donors (Lipinski definition) is 3. The smallest absolute Gasteiger partial charge is 0.306 e. The van der Waals surface area contributed by atoms with Crippen LogP contribution in [0.3, 0.4) is 0 Å². The summed E-state index contributed by atoms with van der Waals surface area (Å²) in [4.78, 5) is 62.8. The largest absolute Gasteiger partial charge is 0.481 e. The number of ether oxygens (including phenoxy) is 1. The number of ketones is 2. The normalized spacial score (nSPS) is 37.6. The van der Waals surface area contributed by atoms with Gasteiger partial charge in [0.25, 0.3) is 0 Å². The number of rotatable bonds is 11. The van der Waals surface area contributed by atoms with Crippen molar-refractivity contribution in [1.29, 1.82) is 0 Å². The number of allylic oxidation sites excluding steroid dienone is 2. The van der Waals surface area contributed by atoms with Crippen molar-refractivity contribution in [3.05, 3.63) is 46.0 Å². The molecular weight excluding hydrogens is 764 g/mol. The summed E-state index contributed by atoms with van der Waals surface area (Å²) in [5, 5.41) is 16.7. The van der Waals surface area contributed by atoms with Crippen LogP contribution in [0.15, 0.2) is 35.4 Å². The van der Waals surface area contributed by atoms with E-state index < -0.39 is 5.97 Å². The van der Waals surface area contributed by atoms with Gasteiger partial charge in [-0.15, -0.1) is 0 Å². The van der Waals surface area contributed by atoms with E-state index in [-0.39, 0.29) is 57.1 Å². The SMILES string of the molecule is CNCC1(NC(=O)CC23CCC4C(CCC5C4CCC4C(C)(C)C(CC(=O)C6CC(C(=O)O)C6C)CCC54C)C2=C(C(C)C)C(=O)C3)COC1.O=Cc1ccc(Cl)cc1. The minimum absolute atomic E-state index is 0.0555. The van der Waals surface area contributed by atoms with Crippen LogP contribution < -0.4 is 10.6 Å². The van der Waals surface area contributed by atoms with Gasteiger partial charge in [-0.1, -0.05) is 70.8 Å². The van der Waals surface area contributed by atoms with Gasteiger partial charge in [-0.2, -0.15) is 0 Å². The number of Topliss-reactive ketones (excluding diaryl/α,β-unsaturated/α-hetero) is 2. The summed E-state index contributed by atoms with van der Waals surface area (Å²) in [5.41, 5.74) is 2.66. The van der Waals surface area contributed by atoms with Crippen LogP contribution in [0.5, 0.6) is 0 Å². The maximum Gasteiger partial charge on any atom is 0.306 e. The van der Waals surface area contributed by atoms with Gasteiger partial charge in [0.15, 0.2) is 5.78 Å². The molecule has 0 bridgehead atoms. The Hall–Kier alpha value is -2.88. The summed E-state index contributed by atoms with van der Waals surface area (Å²) < 4.78 is 5.51. The molecule has 10 heteroatoms. The van der Waals surface area contributed by atoms with Crippen LogP contribution in [0.2, 0.25) is 5.02 Å². The number of likely N-dealkylation sites (N-methyl/N-ethyl adjacent to an activating group) is 1. The fraction of sp³-hybridized carbons (Fsp3) is 0.735. The summed E-state index contributed by atoms with van der Waals surface area (Å²) >= 11 is 5.55. The molecule has 8 rings (SSSR count). The molecule has 6 fully saturated rings. The van der Waals surface area contributed by atoms with E-state index >= 15 is 0 Å². The molecule has 1 amide bonds. The summed E-state index contributed by atoms with van der Waals surface area (Å²) in [7, 11) is 1.91. The van der Waals surface area contributed by atoms with Crippen molar-refractivity contribution in [1.82, 2.24) is 10.6 Å². The Labute approximate surface area is 357 Å². The third-order valence-electron chi connectivity index (χ3n) is 17.5. The van der Waals surface area contributed by atoms with Crippen LogP contribution >= 0.6 is 11.6 Å². The van der Waals surface area contributed by atoms with Crippen molar-refractivity contribution >= 4 is 41.3 Å². The molecule has 9 nitrogen and oxygen atoms in total. The summed E-state index contributed by atoms with van der Waals surface area (Å²) in [6, 6.07) is 6.72. The lowest BCUT2D eigenvalue weighted by molar-refractivity contribution is -0.163. The predicted molar refractivity (Wildman–Crippen MR) is 229 cm³/mol. The number of aliphatic carboxylic acids is 1. The second-order valence-corrected chi connectivity index (χ2v) is 21.7. The van der Waals surface area contributed by atoms with Crippen molar-refractivity contribution in [2.75, 3.05) is 26.8 Å². The summed E-state index contributed by atoms with van der Waals surface area (Å²) in [6.45, 7) is 15.5. The Balaban J connectivity index is 0.000000520. The third-order valence-corrected chi connectivity index (χ3v) is 17.7. The number of halogens is 1. The van der Waals surface area contributed by atoms with E-state index in [0.29, 0.717) is 97.3 Å². The molecule has 324 valence electrons. The molecule has 59 heavy (non-hydrogen) atoms. The minimum atomic E-state index is -0.759. The van der Waals surface area contributed by atoms with Crippen molar-refractivity contribution in [3.8, 4) is 0 Å². The van der Waals surface area contributed by atoms with Crippen molar-refractivity contribution in [3.63, 3.8) is 0 Å². The van der Waals surface area contributed by atoms with E-state index in [4.69, 9.17) is 16.3 Å². The average Bonchev–Trinajstić information content (AvgIpc) is 3.46. The zero-order valence-corrected chi connectivity index (χ0v) is 37.3. The number of fused-ring (bicyclic) bond motifs is 7. The van der Waals surface area contributed by atoms with Gasteiger partial charge in [0, 0.05) is 47.7 Å². The summed E-state index contributed by atoms with van der Waals surface area (Å²) in [6.07, 6.45) is 11.7. The lowest BCUT2D eigenvalue weighted by Gasteiger charge is -2.65. The van der Waals surface area contributed by atoms with Crippen LogP contribution in [0, 0.1) is 75.4 Å². The molecule has 1 aromatic rings. The zero-order valence-electron chi connectivity index (χ0n) is 36.5. The molecule has 3 N–H and O–H groups in total. The number of hydrogen-bond acceptors (Lipinski definition) is 7. The quantitative estimate of drug-likeness (QED) is 0.188. The second kappa shape index (κ2) is 16.8. The fourth-order valence-electron chi connectivity index (χ4n) is 14.5. The van der Waals surface area contributed by atoms with Gasteiger partial charge < -0.3 is 20.5 Å². The Morgan fingerprint density at radius 2 is 1.68 bits per heavy atom. The molecule has 0 aromatic heterocycles. The molecule has 1 heterocycles. The van der Waals surface area contributed by atoms with Gasteiger partial charge in [-0.3, -0.25) is 24.0 Å². The number of amides is 1. The van der Waals surface area contributed by atoms with E-state index in [2.05, 4.69) is 45.3 Å². The molecule has 5 saturated carbocycles. The topological polar surface area (TPSA) is 139 Å². The molecule has 1 aliphatic heterocycles. The number of carbonyl (C=O) groups excluding carboxylic acids is 4. The van der Waals surface area contributed by atoms with Crippen LogP contribution in [-0.4, -0.2) is 67.2 Å². The molecule has 6 aliphatic carbocycles. The molecule has 11 atom stereocenters. The van der Waals surface area contributed by atoms with Gasteiger partial charge in [-0.05, 0) is 141 Å². The van der Waals surface area contributed by atoms with Crippen LogP contribution in [0.1, 0.15) is 129 Å². The molecule has 1 aromatic carbocycles. The van der Waals surface area contributed by atoms with Gasteiger partial charge in [-0.25, -0.2) is 0 Å². The highest BCUT2D eigenvalue weighted by atomic mass is 35.5. The lowest BCUT2D eigenvalue weighted by Crippen LogP contribution is -2.67. The average molecular weight is 834 g/mol. The van der Waals surface area contributed by atoms with E-state index in [1.165, 1.54) is 24.8 Å². The van der Waals surface area contributed by atoms with Gasteiger partial charge >= 0.3 is 5.97 Å². The van der Waals surface area contributed by atoms with Crippen molar-refractivity contribution in [2.45, 2.75) is 124 Å². The number of carboxylic acid groups (broad SMARTS) is 1. The highest BCUT2D eigenvalue weighted by Gasteiger charge is 2.63. The number of carbonyl (C=O) groups is 5. The van der Waals surface area contributed by atoms with Crippen molar-refractivity contribution in [2.24, 2.45) is 75.4 Å². The zero-order chi connectivity index (χ0) is 42.7. The predicted octanol–water partition coefficient (Wildman–Crippen LogP) is 8.77. The standard InChI is InChI=1S/C42H64N2O6.C7H5ClO/c1-23(2)36-33(46)18-41(19-35(47)44-42(20-43-7)21-50-22-42)15-13-26-27-9-11-34-39(4,5)25(16-32(45)29-17-30(24(29)3)38(48)49)12-14-40(34,6)31(27)10-8-28(26)37(36)41;8-7-3-1-6(5-9)2-4-7/h23-31,34,43H,8-22H2,1-7H3,(H,44,47)(H,48,49);1-5H. The first kappa shape index (κ1) is 44.2. The molecule has 11 unspecified atom stereocenters. The first-order valence-corrected chi connectivity index (χ1v) is 23.1. The maximum atomic E-state index is 13.9. The first-order valence-electron chi connectivity index (χ1n) is 22.7. The first-order chi connectivity index (χ1) is 27.9. The molecule has 7 aliphatic rings. The molecular formula is C49H69ClN2O7. The summed E-state index contributed by atoms with van der Waals surface area (Å²) in [5.74, 6) is 2.69. The number of carboxylic acids is 1. The van der Waals surface area contributed by atoms with Crippen LogP contribution in [0.4, 0.5) is 0 Å². The van der Waals surface area contributed by atoms with Gasteiger partial charge in [0.2, 0.25) is 5.91 Å². The van der Waals surface area contributed by atoms with E-state index in [1.54, 1.807) is 24.3 Å². The third kappa shape index (κ3) is 7.92. The van der Waals surface area contributed by atoms with Crippen molar-refractivity contribution < 1.29 is 33.8 Å². The highest BCUT2D eigenvalue weighted by Crippen LogP contribution is 2.70. The molecule has 1 saturated heterocycles. The monoisotopic (exact) mass is 832 g/mol. The van der Waals surface area contributed by atoms with E-state index in [0.717, 1.165) is 44.0 Å². The number of aldehydes is 1. The molecule has 0 spiro atoms. The minimum Gasteiger partial charge on any atom is -0.481 e. The lowest BCUT2D eigenvalue weighted by atomic mass is 9.39. The second-order valence-electron chi connectivity index (χ2n) is 21.2. The highest BCUT2D eigenvalue weighted by molar-refractivity contribution is 6.30. The maximum absolute atomic E-state index is 13.9. The van der Waals surface area contributed by atoms with E-state index in [9.17, 15) is 29.1 Å². The van der Waals surface area contributed by atoms with E-state index in [1.807, 2.05) is 14.0 Å². The Morgan fingerprint density at radius 1 is 0.966 bits per heavy atom. The van der Waals surface area contributed by atoms with Crippen LogP contribution in [-0.2, 0) is 23.9 Å².